The monoisotopic (exact) mass is 355 g/mol. The van der Waals surface area contributed by atoms with Crippen molar-refractivity contribution in [2.75, 3.05) is 5.32 Å². The van der Waals surface area contributed by atoms with Crippen LogP contribution in [-0.2, 0) is 19.7 Å². The van der Waals surface area contributed by atoms with E-state index in [-0.39, 0.29) is 0 Å². The number of allylic oxidation sites excluding steroid dienone is 1. The molecule has 0 spiro atoms. The standard InChI is InChI=1S/C18H18ClN5O/c1-2-10-24-18(21-22-23-24)20-12-14-6-5-8-16(11-14)25-13-15-7-3-4-9-17(15)19/h2-9,11H,1,10,12-13H2,(H,20,21,23). The number of ether oxygens (including phenoxy) is 1. The Morgan fingerprint density at radius 3 is 2.92 bits per heavy atom. The lowest BCUT2D eigenvalue weighted by Crippen LogP contribution is -2.08. The van der Waals surface area contributed by atoms with Crippen LogP contribution in [0.2, 0.25) is 5.02 Å². The number of tetrazole rings is 1. The Labute approximate surface area is 151 Å². The molecule has 0 atom stereocenters. The highest BCUT2D eigenvalue weighted by molar-refractivity contribution is 6.31. The Morgan fingerprint density at radius 1 is 1.20 bits per heavy atom. The molecule has 0 fully saturated rings. The number of hydrogen-bond donors (Lipinski definition) is 1. The molecule has 0 saturated carbocycles. The lowest BCUT2D eigenvalue weighted by molar-refractivity contribution is 0.306. The summed E-state index contributed by atoms with van der Waals surface area (Å²) in [7, 11) is 0. The van der Waals surface area contributed by atoms with Crippen molar-refractivity contribution in [2.45, 2.75) is 19.7 Å². The van der Waals surface area contributed by atoms with Crippen LogP contribution in [0.3, 0.4) is 0 Å². The summed E-state index contributed by atoms with van der Waals surface area (Å²) in [5, 5.41) is 15.4. The van der Waals surface area contributed by atoms with Gasteiger partial charge in [0.1, 0.15) is 12.4 Å². The molecule has 2 aromatic carbocycles. The first-order valence-electron chi connectivity index (χ1n) is 7.82. The first-order chi connectivity index (χ1) is 12.3. The van der Waals surface area contributed by atoms with Crippen molar-refractivity contribution < 1.29 is 4.74 Å². The minimum Gasteiger partial charge on any atom is -0.489 e. The van der Waals surface area contributed by atoms with E-state index in [1.54, 1.807) is 10.8 Å². The summed E-state index contributed by atoms with van der Waals surface area (Å²) >= 11 is 6.15. The van der Waals surface area contributed by atoms with Crippen molar-refractivity contribution in [3.63, 3.8) is 0 Å². The molecule has 6 nitrogen and oxygen atoms in total. The summed E-state index contributed by atoms with van der Waals surface area (Å²) in [6.45, 7) is 5.25. The van der Waals surface area contributed by atoms with Crippen LogP contribution in [0.1, 0.15) is 11.1 Å². The third kappa shape index (κ3) is 4.58. The van der Waals surface area contributed by atoms with E-state index in [1.165, 1.54) is 0 Å². The molecule has 0 aliphatic heterocycles. The van der Waals surface area contributed by atoms with Gasteiger partial charge < -0.3 is 10.1 Å². The van der Waals surface area contributed by atoms with Gasteiger partial charge in [-0.15, -0.1) is 6.58 Å². The van der Waals surface area contributed by atoms with Gasteiger partial charge in [0.15, 0.2) is 0 Å². The van der Waals surface area contributed by atoms with Gasteiger partial charge in [-0.05, 0) is 34.2 Å². The third-order valence-electron chi connectivity index (χ3n) is 3.54. The first-order valence-corrected chi connectivity index (χ1v) is 8.20. The Morgan fingerprint density at radius 2 is 2.08 bits per heavy atom. The predicted octanol–water partition coefficient (Wildman–Crippen LogP) is 3.70. The van der Waals surface area contributed by atoms with Gasteiger partial charge in [-0.2, -0.15) is 0 Å². The fourth-order valence-corrected chi connectivity index (χ4v) is 2.47. The molecule has 0 amide bonds. The van der Waals surface area contributed by atoms with E-state index in [0.717, 1.165) is 16.9 Å². The summed E-state index contributed by atoms with van der Waals surface area (Å²) in [5.74, 6) is 1.38. The molecule has 0 saturated heterocycles. The minimum atomic E-state index is 0.425. The number of benzene rings is 2. The van der Waals surface area contributed by atoms with Crippen molar-refractivity contribution in [3.05, 3.63) is 77.3 Å². The molecule has 0 aliphatic carbocycles. The van der Waals surface area contributed by atoms with Crippen molar-refractivity contribution in [3.8, 4) is 5.75 Å². The molecule has 3 aromatic rings. The summed E-state index contributed by atoms with van der Waals surface area (Å²) in [4.78, 5) is 0. The van der Waals surface area contributed by atoms with E-state index in [4.69, 9.17) is 16.3 Å². The van der Waals surface area contributed by atoms with E-state index >= 15 is 0 Å². The zero-order chi connectivity index (χ0) is 17.5. The van der Waals surface area contributed by atoms with Crippen molar-refractivity contribution in [1.29, 1.82) is 0 Å². The highest BCUT2D eigenvalue weighted by Crippen LogP contribution is 2.19. The second kappa shape index (κ2) is 8.30. The molecule has 25 heavy (non-hydrogen) atoms. The normalized spacial score (nSPS) is 10.4. The van der Waals surface area contributed by atoms with Crippen LogP contribution < -0.4 is 10.1 Å². The molecule has 0 aliphatic rings. The molecule has 7 heteroatoms. The van der Waals surface area contributed by atoms with Crippen LogP contribution in [0.4, 0.5) is 5.95 Å². The maximum absolute atomic E-state index is 6.15. The maximum Gasteiger partial charge on any atom is 0.243 e. The summed E-state index contributed by atoms with van der Waals surface area (Å²) in [6, 6.07) is 15.5. The van der Waals surface area contributed by atoms with Crippen molar-refractivity contribution in [2.24, 2.45) is 0 Å². The fourth-order valence-electron chi connectivity index (χ4n) is 2.28. The van der Waals surface area contributed by atoms with Gasteiger partial charge in [-0.25, -0.2) is 4.68 Å². The molecule has 0 radical (unpaired) electrons. The summed E-state index contributed by atoms with van der Waals surface area (Å²) < 4.78 is 7.49. The summed E-state index contributed by atoms with van der Waals surface area (Å²) in [6.07, 6.45) is 1.74. The molecular weight excluding hydrogens is 338 g/mol. The predicted molar refractivity (Wildman–Crippen MR) is 97.6 cm³/mol. The van der Waals surface area contributed by atoms with Gasteiger partial charge in [0.05, 0.1) is 6.54 Å². The Hall–Kier alpha value is -2.86. The highest BCUT2D eigenvalue weighted by atomic mass is 35.5. The van der Waals surface area contributed by atoms with Crippen molar-refractivity contribution in [1.82, 2.24) is 20.2 Å². The van der Waals surface area contributed by atoms with Crippen LogP contribution in [0.15, 0.2) is 61.2 Å². The van der Waals surface area contributed by atoms with E-state index in [0.29, 0.717) is 30.7 Å². The zero-order valence-corrected chi connectivity index (χ0v) is 14.4. The number of halogens is 1. The first kappa shape index (κ1) is 17.0. The number of nitrogens with zero attached hydrogens (tertiary/aromatic N) is 4. The smallest absolute Gasteiger partial charge is 0.243 e. The second-order valence-corrected chi connectivity index (χ2v) is 5.76. The fraction of sp³-hybridized carbons (Fsp3) is 0.167. The lowest BCUT2D eigenvalue weighted by atomic mass is 10.2. The molecule has 1 aromatic heterocycles. The van der Waals surface area contributed by atoms with Gasteiger partial charge in [-0.1, -0.05) is 53.1 Å². The second-order valence-electron chi connectivity index (χ2n) is 5.35. The maximum atomic E-state index is 6.15. The van der Waals surface area contributed by atoms with Crippen LogP contribution in [0, 0.1) is 0 Å². The topological polar surface area (TPSA) is 64.9 Å². The number of nitrogens with one attached hydrogen (secondary N) is 1. The summed E-state index contributed by atoms with van der Waals surface area (Å²) in [5.41, 5.74) is 2.01. The molecule has 0 unspecified atom stereocenters. The Kier molecular flexibility index (Phi) is 5.64. The van der Waals surface area contributed by atoms with Gasteiger partial charge in [0.2, 0.25) is 5.95 Å². The number of anilines is 1. The van der Waals surface area contributed by atoms with E-state index in [9.17, 15) is 0 Å². The quantitative estimate of drug-likeness (QED) is 0.624. The van der Waals surface area contributed by atoms with Crippen LogP contribution in [0.25, 0.3) is 0 Å². The largest absolute Gasteiger partial charge is 0.489 e. The molecule has 3 rings (SSSR count). The Bertz CT molecular complexity index is 849. The zero-order valence-electron chi connectivity index (χ0n) is 13.6. The highest BCUT2D eigenvalue weighted by Gasteiger charge is 2.05. The molecule has 1 heterocycles. The van der Waals surface area contributed by atoms with Crippen LogP contribution >= 0.6 is 11.6 Å². The van der Waals surface area contributed by atoms with Gasteiger partial charge in [-0.3, -0.25) is 0 Å². The van der Waals surface area contributed by atoms with E-state index in [1.807, 2.05) is 48.5 Å². The van der Waals surface area contributed by atoms with Crippen LogP contribution in [0.5, 0.6) is 5.75 Å². The van der Waals surface area contributed by atoms with Crippen LogP contribution in [-0.4, -0.2) is 20.2 Å². The average molecular weight is 356 g/mol. The SMILES string of the molecule is C=CCn1nnnc1NCc1cccc(OCc2ccccc2Cl)c1. The molecule has 1 N–H and O–H groups in total. The van der Waals surface area contributed by atoms with Crippen molar-refractivity contribution >= 4 is 17.5 Å². The minimum absolute atomic E-state index is 0.425. The Balaban J connectivity index is 1.60. The van der Waals surface area contributed by atoms with E-state index < -0.39 is 0 Å². The molecule has 128 valence electrons. The number of hydrogen-bond acceptors (Lipinski definition) is 5. The third-order valence-corrected chi connectivity index (χ3v) is 3.90. The lowest BCUT2D eigenvalue weighted by Gasteiger charge is -2.10. The van der Waals surface area contributed by atoms with Gasteiger partial charge in [0, 0.05) is 17.1 Å². The number of aromatic nitrogens is 4. The average Bonchev–Trinajstić information content (AvgIpc) is 3.07. The molecular formula is C18H18ClN5O. The van der Waals surface area contributed by atoms with Gasteiger partial charge >= 0.3 is 0 Å². The molecule has 0 bridgehead atoms. The van der Waals surface area contributed by atoms with Gasteiger partial charge in [0.25, 0.3) is 0 Å². The number of rotatable bonds is 8. The van der Waals surface area contributed by atoms with E-state index in [2.05, 4.69) is 27.4 Å².